The fraction of sp³-hybridized carbons (Fsp3) is 0.208. The molecule has 0 bridgehead atoms. The van der Waals surface area contributed by atoms with E-state index in [9.17, 15) is 4.79 Å². The molecule has 7 nitrogen and oxygen atoms in total. The summed E-state index contributed by atoms with van der Waals surface area (Å²) in [5, 5.41) is 11.7. The van der Waals surface area contributed by atoms with Gasteiger partial charge in [-0.05, 0) is 43.7 Å². The first kappa shape index (κ1) is 20.4. The van der Waals surface area contributed by atoms with E-state index in [1.807, 2.05) is 69.4 Å². The number of aromatic nitrogens is 3. The van der Waals surface area contributed by atoms with Crippen molar-refractivity contribution in [3.05, 3.63) is 77.1 Å². The first-order valence-corrected chi connectivity index (χ1v) is 10.0. The van der Waals surface area contributed by atoms with Gasteiger partial charge in [0.1, 0.15) is 5.75 Å². The highest BCUT2D eigenvalue weighted by atomic mass is 16.5. The molecule has 0 saturated heterocycles. The van der Waals surface area contributed by atoms with E-state index in [-0.39, 0.29) is 5.91 Å². The van der Waals surface area contributed by atoms with Crippen LogP contribution in [0.5, 0.6) is 5.75 Å². The van der Waals surface area contributed by atoms with Crippen molar-refractivity contribution in [3.63, 3.8) is 0 Å². The van der Waals surface area contributed by atoms with Gasteiger partial charge in [-0.15, -0.1) is 0 Å². The van der Waals surface area contributed by atoms with Crippen LogP contribution in [-0.4, -0.2) is 27.8 Å². The van der Waals surface area contributed by atoms with Gasteiger partial charge in [0, 0.05) is 25.5 Å². The fourth-order valence-electron chi connectivity index (χ4n) is 3.52. The highest BCUT2D eigenvalue weighted by molar-refractivity contribution is 6.08. The zero-order valence-electron chi connectivity index (χ0n) is 18.1. The molecule has 0 aliphatic rings. The third-order valence-electron chi connectivity index (χ3n) is 5.20. The molecule has 0 spiro atoms. The zero-order valence-corrected chi connectivity index (χ0v) is 18.1. The molecule has 7 heteroatoms. The van der Waals surface area contributed by atoms with Gasteiger partial charge in [-0.2, -0.15) is 5.10 Å². The van der Waals surface area contributed by atoms with Gasteiger partial charge < -0.3 is 15.4 Å². The van der Waals surface area contributed by atoms with Gasteiger partial charge in [-0.25, -0.2) is 4.98 Å². The minimum Gasteiger partial charge on any atom is -0.497 e. The molecule has 0 fully saturated rings. The number of aryl methyl sites for hydroxylation is 3. The van der Waals surface area contributed by atoms with Gasteiger partial charge in [-0.3, -0.25) is 9.48 Å². The van der Waals surface area contributed by atoms with Crippen LogP contribution in [0.4, 0.5) is 11.4 Å². The Morgan fingerprint density at radius 1 is 1.06 bits per heavy atom. The number of methoxy groups -OCH3 is 1. The van der Waals surface area contributed by atoms with Crippen LogP contribution >= 0.6 is 0 Å². The van der Waals surface area contributed by atoms with E-state index in [2.05, 4.69) is 20.7 Å². The molecule has 4 aromatic rings. The number of nitrogens with one attached hydrogen (secondary N) is 2. The van der Waals surface area contributed by atoms with Crippen molar-refractivity contribution in [3.8, 4) is 5.75 Å². The number of ether oxygens (including phenoxy) is 1. The second-order valence-corrected chi connectivity index (χ2v) is 7.48. The van der Waals surface area contributed by atoms with Gasteiger partial charge in [0.15, 0.2) is 5.65 Å². The van der Waals surface area contributed by atoms with E-state index in [4.69, 9.17) is 4.74 Å². The second kappa shape index (κ2) is 8.47. The lowest BCUT2D eigenvalue weighted by Crippen LogP contribution is -2.24. The largest absolute Gasteiger partial charge is 0.497 e. The summed E-state index contributed by atoms with van der Waals surface area (Å²) in [5.74, 6) is 0.574. The van der Waals surface area contributed by atoms with Crippen molar-refractivity contribution < 1.29 is 9.53 Å². The maximum absolute atomic E-state index is 13.1. The van der Waals surface area contributed by atoms with E-state index in [0.717, 1.165) is 33.7 Å². The molecular weight excluding hydrogens is 390 g/mol. The van der Waals surface area contributed by atoms with Gasteiger partial charge in [0.05, 0.1) is 29.4 Å². The molecule has 158 valence electrons. The Labute approximate surface area is 181 Å². The van der Waals surface area contributed by atoms with Crippen LogP contribution in [0, 0.1) is 13.8 Å². The Bertz CT molecular complexity index is 1230. The first-order chi connectivity index (χ1) is 15.0. The molecule has 0 radical (unpaired) electrons. The maximum Gasteiger partial charge on any atom is 0.255 e. The summed E-state index contributed by atoms with van der Waals surface area (Å²) in [5.41, 5.74) is 5.74. The number of benzene rings is 2. The van der Waals surface area contributed by atoms with E-state index in [1.165, 1.54) is 5.56 Å². The molecule has 31 heavy (non-hydrogen) atoms. The lowest BCUT2D eigenvalue weighted by Gasteiger charge is -2.14. The average molecular weight is 415 g/mol. The SMILES string of the molecule is COc1ccc(CNC(=O)c2cnc3c(c(C)nn3C)c2Nc2ccc(C)cc2)cc1. The smallest absolute Gasteiger partial charge is 0.255 e. The number of amides is 1. The second-order valence-electron chi connectivity index (χ2n) is 7.48. The van der Waals surface area contributed by atoms with Crippen LogP contribution in [-0.2, 0) is 13.6 Å². The molecule has 0 aliphatic heterocycles. The van der Waals surface area contributed by atoms with Crippen LogP contribution in [0.25, 0.3) is 11.0 Å². The Morgan fingerprint density at radius 2 is 1.77 bits per heavy atom. The van der Waals surface area contributed by atoms with Gasteiger partial charge >= 0.3 is 0 Å². The molecule has 2 aromatic carbocycles. The quantitative estimate of drug-likeness (QED) is 0.492. The topological polar surface area (TPSA) is 81.1 Å². The molecule has 2 aromatic heterocycles. The number of carbonyl (C=O) groups is 1. The minimum absolute atomic E-state index is 0.205. The summed E-state index contributed by atoms with van der Waals surface area (Å²) < 4.78 is 6.91. The minimum atomic E-state index is -0.205. The predicted octanol–water partition coefficient (Wildman–Crippen LogP) is 4.27. The first-order valence-electron chi connectivity index (χ1n) is 10.0. The van der Waals surface area contributed by atoms with Crippen molar-refractivity contribution in [2.45, 2.75) is 20.4 Å². The van der Waals surface area contributed by atoms with E-state index in [1.54, 1.807) is 18.0 Å². The lowest BCUT2D eigenvalue weighted by molar-refractivity contribution is 0.0951. The Morgan fingerprint density at radius 3 is 2.45 bits per heavy atom. The number of nitrogens with zero attached hydrogens (tertiary/aromatic N) is 3. The van der Waals surface area contributed by atoms with Crippen molar-refractivity contribution >= 4 is 28.3 Å². The Balaban J connectivity index is 1.67. The summed E-state index contributed by atoms with van der Waals surface area (Å²) in [6.07, 6.45) is 1.60. The Kier molecular flexibility index (Phi) is 5.58. The number of pyridine rings is 1. The number of anilines is 2. The van der Waals surface area contributed by atoms with Crippen molar-refractivity contribution in [1.82, 2.24) is 20.1 Å². The van der Waals surface area contributed by atoms with Gasteiger partial charge in [-0.1, -0.05) is 29.8 Å². The zero-order chi connectivity index (χ0) is 22.0. The summed E-state index contributed by atoms with van der Waals surface area (Å²) in [6.45, 7) is 4.36. The van der Waals surface area contributed by atoms with E-state index >= 15 is 0 Å². The van der Waals surface area contributed by atoms with Crippen LogP contribution in [0.1, 0.15) is 27.2 Å². The van der Waals surface area contributed by atoms with Crippen LogP contribution < -0.4 is 15.4 Å². The normalized spacial score (nSPS) is 10.8. The fourth-order valence-corrected chi connectivity index (χ4v) is 3.52. The monoisotopic (exact) mass is 415 g/mol. The van der Waals surface area contributed by atoms with E-state index in [0.29, 0.717) is 17.8 Å². The summed E-state index contributed by atoms with van der Waals surface area (Å²) in [6, 6.07) is 15.6. The van der Waals surface area contributed by atoms with Gasteiger partial charge in [0.25, 0.3) is 5.91 Å². The molecule has 1 amide bonds. The predicted molar refractivity (Wildman–Crippen MR) is 122 cm³/mol. The maximum atomic E-state index is 13.1. The average Bonchev–Trinajstić information content (AvgIpc) is 3.08. The van der Waals surface area contributed by atoms with Crippen LogP contribution in [0.2, 0.25) is 0 Å². The van der Waals surface area contributed by atoms with Crippen LogP contribution in [0.15, 0.2) is 54.7 Å². The number of fused-ring (bicyclic) bond motifs is 1. The molecule has 2 N–H and O–H groups in total. The molecule has 0 atom stereocenters. The lowest BCUT2D eigenvalue weighted by atomic mass is 10.1. The van der Waals surface area contributed by atoms with Crippen molar-refractivity contribution in [2.75, 3.05) is 12.4 Å². The number of hydrogen-bond donors (Lipinski definition) is 2. The number of carbonyl (C=O) groups excluding carboxylic acids is 1. The standard InChI is InChI=1S/C24H25N5O2/c1-15-5-9-18(10-6-15)27-22-20(14-25-23-21(22)16(2)28-29(23)3)24(30)26-13-17-7-11-19(31-4)12-8-17/h5-12,14H,13H2,1-4H3,(H,25,27)(H,26,30). The number of hydrogen-bond acceptors (Lipinski definition) is 5. The molecule has 2 heterocycles. The number of rotatable bonds is 6. The van der Waals surface area contributed by atoms with Crippen molar-refractivity contribution in [1.29, 1.82) is 0 Å². The highest BCUT2D eigenvalue weighted by Crippen LogP contribution is 2.31. The van der Waals surface area contributed by atoms with Crippen molar-refractivity contribution in [2.24, 2.45) is 7.05 Å². The molecule has 0 saturated carbocycles. The third kappa shape index (κ3) is 4.21. The summed E-state index contributed by atoms with van der Waals surface area (Å²) in [7, 11) is 3.48. The molecular formula is C24H25N5O2. The molecule has 0 unspecified atom stereocenters. The summed E-state index contributed by atoms with van der Waals surface area (Å²) >= 11 is 0. The van der Waals surface area contributed by atoms with Crippen LogP contribution in [0.3, 0.4) is 0 Å². The molecule has 4 rings (SSSR count). The van der Waals surface area contributed by atoms with E-state index < -0.39 is 0 Å². The highest BCUT2D eigenvalue weighted by Gasteiger charge is 2.20. The molecule has 0 aliphatic carbocycles. The third-order valence-corrected chi connectivity index (χ3v) is 5.20. The Hall–Kier alpha value is -3.87. The van der Waals surface area contributed by atoms with Gasteiger partial charge in [0.2, 0.25) is 0 Å². The summed E-state index contributed by atoms with van der Waals surface area (Å²) in [4.78, 5) is 17.6.